The van der Waals surface area contributed by atoms with E-state index in [0.29, 0.717) is 22.9 Å². The Kier molecular flexibility index (Phi) is 3.19. The van der Waals surface area contributed by atoms with Crippen LogP contribution in [0.2, 0.25) is 0 Å². The van der Waals surface area contributed by atoms with Gasteiger partial charge >= 0.3 is 0 Å². The molecular formula is C17H22N2O2. The molecule has 2 aromatic rings. The summed E-state index contributed by atoms with van der Waals surface area (Å²) in [5.74, 6) is 0.933. The van der Waals surface area contributed by atoms with E-state index in [0.717, 1.165) is 24.9 Å². The number of rotatable bonds is 1. The van der Waals surface area contributed by atoms with E-state index in [1.54, 1.807) is 12.1 Å². The summed E-state index contributed by atoms with van der Waals surface area (Å²) in [4.78, 5) is 14.5. The highest BCUT2D eigenvalue weighted by molar-refractivity contribution is 5.96. The number of likely N-dealkylation sites (tertiary alicyclic amines) is 1. The lowest BCUT2D eigenvalue weighted by atomic mass is 9.80. The van der Waals surface area contributed by atoms with Crippen LogP contribution in [0.15, 0.2) is 28.7 Å². The lowest BCUT2D eigenvalue weighted by molar-refractivity contribution is 0.0747. The summed E-state index contributed by atoms with van der Waals surface area (Å²) in [6.07, 6.45) is 1.06. The van der Waals surface area contributed by atoms with Gasteiger partial charge in [0.15, 0.2) is 5.76 Å². The van der Waals surface area contributed by atoms with Gasteiger partial charge in [0.2, 0.25) is 0 Å². The van der Waals surface area contributed by atoms with Crippen LogP contribution >= 0.6 is 0 Å². The van der Waals surface area contributed by atoms with Crippen molar-refractivity contribution < 1.29 is 9.21 Å². The number of amides is 1. The maximum atomic E-state index is 12.6. The zero-order chi connectivity index (χ0) is 15.2. The largest absolute Gasteiger partial charge is 0.451 e. The molecule has 1 unspecified atom stereocenters. The van der Waals surface area contributed by atoms with Crippen molar-refractivity contribution in [2.75, 3.05) is 18.8 Å². The Morgan fingerprint density at radius 2 is 2.10 bits per heavy atom. The lowest BCUT2D eigenvalue weighted by Gasteiger charge is -2.26. The third kappa shape index (κ3) is 2.62. The maximum absolute atomic E-state index is 12.6. The van der Waals surface area contributed by atoms with E-state index in [2.05, 4.69) is 20.8 Å². The molecule has 1 saturated heterocycles. The van der Waals surface area contributed by atoms with Crippen molar-refractivity contribution in [1.29, 1.82) is 0 Å². The zero-order valence-corrected chi connectivity index (χ0v) is 12.8. The minimum Gasteiger partial charge on any atom is -0.451 e. The van der Waals surface area contributed by atoms with Crippen LogP contribution in [0, 0.1) is 11.3 Å². The highest BCUT2D eigenvalue weighted by Crippen LogP contribution is 2.34. The molecule has 0 bridgehead atoms. The van der Waals surface area contributed by atoms with Crippen molar-refractivity contribution in [2.45, 2.75) is 27.2 Å². The number of nitrogens with zero attached hydrogens (tertiary/aromatic N) is 1. The van der Waals surface area contributed by atoms with E-state index in [1.165, 1.54) is 0 Å². The van der Waals surface area contributed by atoms with Gasteiger partial charge in [-0.15, -0.1) is 0 Å². The fraction of sp³-hybridized carbons (Fsp3) is 0.471. The van der Waals surface area contributed by atoms with Crippen LogP contribution in [0.5, 0.6) is 0 Å². The van der Waals surface area contributed by atoms with Crippen LogP contribution in [0.3, 0.4) is 0 Å². The molecule has 1 fully saturated rings. The maximum Gasteiger partial charge on any atom is 0.289 e. The van der Waals surface area contributed by atoms with Gasteiger partial charge in [-0.3, -0.25) is 4.79 Å². The first-order valence-electron chi connectivity index (χ1n) is 7.43. The predicted octanol–water partition coefficient (Wildman–Crippen LogP) is 3.52. The Morgan fingerprint density at radius 1 is 1.33 bits per heavy atom. The van der Waals surface area contributed by atoms with Crippen molar-refractivity contribution in [3.8, 4) is 0 Å². The molecule has 1 atom stereocenters. The average Bonchev–Trinajstić information content (AvgIpc) is 3.03. The molecule has 1 aromatic carbocycles. The van der Waals surface area contributed by atoms with Gasteiger partial charge in [-0.05, 0) is 42.0 Å². The van der Waals surface area contributed by atoms with Crippen LogP contribution in [-0.4, -0.2) is 23.9 Å². The average molecular weight is 286 g/mol. The van der Waals surface area contributed by atoms with Crippen molar-refractivity contribution >= 4 is 22.6 Å². The number of anilines is 1. The number of furan rings is 1. The predicted molar refractivity (Wildman–Crippen MR) is 84.1 cm³/mol. The molecule has 21 heavy (non-hydrogen) atoms. The summed E-state index contributed by atoms with van der Waals surface area (Å²) in [7, 11) is 0. The van der Waals surface area contributed by atoms with Crippen molar-refractivity contribution in [3.05, 3.63) is 30.0 Å². The Morgan fingerprint density at radius 3 is 2.76 bits per heavy atom. The summed E-state index contributed by atoms with van der Waals surface area (Å²) in [6, 6.07) is 7.21. The molecule has 4 nitrogen and oxygen atoms in total. The fourth-order valence-electron chi connectivity index (χ4n) is 2.97. The van der Waals surface area contributed by atoms with E-state index in [4.69, 9.17) is 10.2 Å². The number of hydrogen-bond donors (Lipinski definition) is 1. The molecule has 1 aromatic heterocycles. The highest BCUT2D eigenvalue weighted by Gasteiger charge is 2.34. The standard InChI is InChI=1S/C17H22N2O2/c1-17(2,3)12-6-7-19(10-12)16(20)15-9-11-8-13(18)4-5-14(11)21-15/h4-5,8-9,12H,6-7,10,18H2,1-3H3. The molecule has 0 spiro atoms. The highest BCUT2D eigenvalue weighted by atomic mass is 16.3. The van der Waals surface area contributed by atoms with Crippen LogP contribution in [0.4, 0.5) is 5.69 Å². The third-order valence-electron chi connectivity index (χ3n) is 4.45. The molecular weight excluding hydrogens is 264 g/mol. The van der Waals surface area contributed by atoms with Crippen molar-refractivity contribution in [3.63, 3.8) is 0 Å². The topological polar surface area (TPSA) is 59.5 Å². The second-order valence-electron chi connectivity index (χ2n) is 7.01. The smallest absolute Gasteiger partial charge is 0.289 e. The normalized spacial score (nSPS) is 19.4. The van der Waals surface area contributed by atoms with Crippen LogP contribution < -0.4 is 5.73 Å². The van der Waals surface area contributed by atoms with Gasteiger partial charge < -0.3 is 15.1 Å². The summed E-state index contributed by atoms with van der Waals surface area (Å²) in [5.41, 5.74) is 7.38. The van der Waals surface area contributed by atoms with Gasteiger partial charge in [-0.25, -0.2) is 0 Å². The zero-order valence-electron chi connectivity index (χ0n) is 12.8. The van der Waals surface area contributed by atoms with Crippen molar-refractivity contribution in [1.82, 2.24) is 4.90 Å². The van der Waals surface area contributed by atoms with E-state index in [9.17, 15) is 4.79 Å². The van der Waals surface area contributed by atoms with Crippen LogP contribution in [-0.2, 0) is 0 Å². The fourth-order valence-corrected chi connectivity index (χ4v) is 2.97. The van der Waals surface area contributed by atoms with E-state index in [1.807, 2.05) is 17.0 Å². The summed E-state index contributed by atoms with van der Waals surface area (Å²) >= 11 is 0. The Labute approximate surface area is 124 Å². The Bertz CT molecular complexity index is 682. The second-order valence-corrected chi connectivity index (χ2v) is 7.01. The summed E-state index contributed by atoms with van der Waals surface area (Å²) in [6.45, 7) is 8.31. The molecule has 112 valence electrons. The summed E-state index contributed by atoms with van der Waals surface area (Å²) < 4.78 is 5.67. The van der Waals surface area contributed by atoms with Gasteiger partial charge in [0.25, 0.3) is 5.91 Å². The molecule has 4 heteroatoms. The quantitative estimate of drug-likeness (QED) is 0.816. The Hall–Kier alpha value is -1.97. The molecule has 1 aliphatic rings. The van der Waals surface area contributed by atoms with Gasteiger partial charge in [-0.2, -0.15) is 0 Å². The second kappa shape index (κ2) is 4.79. The third-order valence-corrected chi connectivity index (χ3v) is 4.45. The Balaban J connectivity index is 1.81. The minimum absolute atomic E-state index is 0.0171. The molecule has 0 saturated carbocycles. The van der Waals surface area contributed by atoms with Crippen molar-refractivity contribution in [2.24, 2.45) is 11.3 Å². The molecule has 1 amide bonds. The number of fused-ring (bicyclic) bond motifs is 1. The number of benzene rings is 1. The number of carbonyl (C=O) groups is 1. The molecule has 2 N–H and O–H groups in total. The van der Waals surface area contributed by atoms with Gasteiger partial charge in [-0.1, -0.05) is 20.8 Å². The van der Waals surface area contributed by atoms with Gasteiger partial charge in [0.05, 0.1) is 0 Å². The van der Waals surface area contributed by atoms with E-state index < -0.39 is 0 Å². The number of hydrogen-bond acceptors (Lipinski definition) is 3. The summed E-state index contributed by atoms with van der Waals surface area (Å²) in [5, 5.41) is 0.880. The first kappa shape index (κ1) is 14.0. The SMILES string of the molecule is CC(C)(C)C1CCN(C(=O)c2cc3cc(N)ccc3o2)C1. The van der Waals surface area contributed by atoms with E-state index >= 15 is 0 Å². The number of nitrogen functional groups attached to an aromatic ring is 1. The molecule has 3 rings (SSSR count). The molecule has 2 heterocycles. The lowest BCUT2D eigenvalue weighted by Crippen LogP contribution is -2.30. The first-order valence-corrected chi connectivity index (χ1v) is 7.43. The van der Waals surface area contributed by atoms with E-state index in [-0.39, 0.29) is 11.3 Å². The monoisotopic (exact) mass is 286 g/mol. The van der Waals surface area contributed by atoms with Gasteiger partial charge in [0, 0.05) is 24.2 Å². The molecule has 0 aliphatic carbocycles. The molecule has 1 aliphatic heterocycles. The first-order chi connectivity index (χ1) is 9.84. The van der Waals surface area contributed by atoms with Gasteiger partial charge in [0.1, 0.15) is 5.58 Å². The minimum atomic E-state index is -0.0171. The number of nitrogens with two attached hydrogens (primary N) is 1. The number of carbonyl (C=O) groups excluding carboxylic acids is 1. The molecule has 0 radical (unpaired) electrons. The van der Waals surface area contributed by atoms with Crippen LogP contribution in [0.1, 0.15) is 37.7 Å². The van der Waals surface area contributed by atoms with Crippen LogP contribution in [0.25, 0.3) is 11.0 Å².